The summed E-state index contributed by atoms with van der Waals surface area (Å²) in [4.78, 5) is 12.9. The number of carbonyl (C=O) groups is 1. The summed E-state index contributed by atoms with van der Waals surface area (Å²) in [6.45, 7) is 2.07. The molecule has 32 heavy (non-hydrogen) atoms. The van der Waals surface area contributed by atoms with E-state index in [1.54, 1.807) is 17.8 Å². The highest BCUT2D eigenvalue weighted by atomic mass is 32.2. The number of aryl methyl sites for hydroxylation is 1. The summed E-state index contributed by atoms with van der Waals surface area (Å²) < 4.78 is 28.2. The van der Waals surface area contributed by atoms with Crippen molar-refractivity contribution in [1.82, 2.24) is 15.1 Å². The molecule has 4 rings (SSSR count). The molecule has 2 aromatic carbocycles. The Morgan fingerprint density at radius 2 is 1.94 bits per heavy atom. The first-order valence-electron chi connectivity index (χ1n) is 10.7. The van der Waals surface area contributed by atoms with Crippen LogP contribution < -0.4 is 9.62 Å². The summed E-state index contributed by atoms with van der Waals surface area (Å²) in [5.74, 6) is -0.0177. The Labute approximate surface area is 187 Å². The molecule has 1 amide bonds. The molecule has 3 aromatic rings. The predicted molar refractivity (Wildman–Crippen MR) is 125 cm³/mol. The van der Waals surface area contributed by atoms with Crippen LogP contribution in [0.25, 0.3) is 16.6 Å². The van der Waals surface area contributed by atoms with Crippen molar-refractivity contribution in [3.05, 3.63) is 53.2 Å². The summed E-state index contributed by atoms with van der Waals surface area (Å²) in [5, 5.41) is 17.4. The number of aromatic nitrogens is 2. The van der Waals surface area contributed by atoms with E-state index >= 15 is 0 Å². The van der Waals surface area contributed by atoms with Gasteiger partial charge < -0.3 is 10.4 Å². The number of sulfonamides is 1. The average molecular weight is 457 g/mol. The molecule has 0 saturated heterocycles. The minimum Gasteiger partial charge on any atom is -0.396 e. The van der Waals surface area contributed by atoms with Gasteiger partial charge >= 0.3 is 0 Å². The van der Waals surface area contributed by atoms with Gasteiger partial charge in [0.1, 0.15) is 5.69 Å². The molecule has 1 fully saturated rings. The summed E-state index contributed by atoms with van der Waals surface area (Å²) in [6, 6.07) is 11.4. The maximum absolute atomic E-state index is 12.9. The summed E-state index contributed by atoms with van der Waals surface area (Å²) >= 11 is 0. The van der Waals surface area contributed by atoms with Crippen LogP contribution in [0.2, 0.25) is 0 Å². The van der Waals surface area contributed by atoms with Gasteiger partial charge in [-0.25, -0.2) is 13.1 Å². The number of anilines is 1. The van der Waals surface area contributed by atoms with Crippen molar-refractivity contribution in [3.8, 4) is 5.69 Å². The third kappa shape index (κ3) is 4.22. The van der Waals surface area contributed by atoms with E-state index in [4.69, 9.17) is 5.10 Å². The van der Waals surface area contributed by atoms with Crippen LogP contribution in [0.15, 0.2) is 36.4 Å². The number of aliphatic hydroxyl groups excluding tert-OH is 1. The van der Waals surface area contributed by atoms with Crippen molar-refractivity contribution in [3.63, 3.8) is 0 Å². The third-order valence-electron chi connectivity index (χ3n) is 5.75. The van der Waals surface area contributed by atoms with Crippen LogP contribution in [-0.2, 0) is 10.0 Å². The van der Waals surface area contributed by atoms with Gasteiger partial charge in [0.05, 0.1) is 23.1 Å². The second kappa shape index (κ2) is 8.55. The van der Waals surface area contributed by atoms with E-state index in [9.17, 15) is 18.3 Å². The van der Waals surface area contributed by atoms with Crippen LogP contribution in [0.4, 0.5) is 5.69 Å². The number of carbonyl (C=O) groups excluding carboxylic acids is 1. The first-order valence-corrected chi connectivity index (χ1v) is 12.5. The summed E-state index contributed by atoms with van der Waals surface area (Å²) in [6.07, 6.45) is 3.44. The van der Waals surface area contributed by atoms with E-state index in [0.29, 0.717) is 28.7 Å². The zero-order valence-electron chi connectivity index (χ0n) is 18.5. The number of nitrogens with zero attached hydrogens (tertiary/aromatic N) is 3. The molecule has 8 nitrogen and oxygen atoms in total. The monoisotopic (exact) mass is 456 g/mol. The first kappa shape index (κ1) is 22.3. The maximum Gasteiger partial charge on any atom is 0.270 e. The number of hydrogen-bond acceptors (Lipinski definition) is 5. The molecular weight excluding hydrogens is 428 g/mol. The molecule has 1 aliphatic carbocycles. The van der Waals surface area contributed by atoms with E-state index in [2.05, 4.69) is 5.32 Å². The molecule has 0 atom stereocenters. The van der Waals surface area contributed by atoms with E-state index < -0.39 is 10.0 Å². The number of hydrogen-bond donors (Lipinski definition) is 2. The fourth-order valence-electron chi connectivity index (χ4n) is 3.96. The van der Waals surface area contributed by atoms with Crippen LogP contribution in [0, 0.1) is 6.92 Å². The summed E-state index contributed by atoms with van der Waals surface area (Å²) in [7, 11) is -1.98. The molecule has 0 aliphatic heterocycles. The first-order chi connectivity index (χ1) is 15.2. The van der Waals surface area contributed by atoms with Gasteiger partial charge in [-0.05, 0) is 61.9 Å². The van der Waals surface area contributed by atoms with Gasteiger partial charge in [0.2, 0.25) is 10.0 Å². The van der Waals surface area contributed by atoms with Gasteiger partial charge in [-0.1, -0.05) is 17.7 Å². The number of fused-ring (bicyclic) bond motifs is 1. The lowest BCUT2D eigenvalue weighted by Crippen LogP contribution is -2.32. The van der Waals surface area contributed by atoms with Crippen LogP contribution in [-0.4, -0.2) is 55.7 Å². The molecule has 0 bridgehead atoms. The Bertz CT molecular complexity index is 1260. The number of rotatable bonds is 8. The fraction of sp³-hybridized carbons (Fsp3) is 0.391. The molecule has 1 aromatic heterocycles. The van der Waals surface area contributed by atoms with Crippen LogP contribution in [0.5, 0.6) is 0 Å². The SMILES string of the molecule is CNC(=O)c1c2cc(C3CC3)c(N(CCCO)S(C)(=O)=O)cc2nn1-c1ccc(C)cc1. The number of aliphatic hydroxyl groups is 1. The molecule has 170 valence electrons. The van der Waals surface area contributed by atoms with Gasteiger partial charge in [-0.3, -0.25) is 9.10 Å². The molecule has 1 aliphatic rings. The van der Waals surface area contributed by atoms with E-state index in [1.165, 1.54) is 10.6 Å². The second-order valence-electron chi connectivity index (χ2n) is 8.29. The molecule has 2 N–H and O–H groups in total. The van der Waals surface area contributed by atoms with E-state index in [1.807, 2.05) is 37.3 Å². The highest BCUT2D eigenvalue weighted by Gasteiger charge is 2.32. The smallest absolute Gasteiger partial charge is 0.270 e. The Morgan fingerprint density at radius 1 is 1.25 bits per heavy atom. The predicted octanol–water partition coefficient (Wildman–Crippen LogP) is 2.72. The minimum atomic E-state index is -3.56. The van der Waals surface area contributed by atoms with Crippen LogP contribution in [0.3, 0.4) is 0 Å². The van der Waals surface area contributed by atoms with Gasteiger partial charge in [-0.2, -0.15) is 5.10 Å². The van der Waals surface area contributed by atoms with Crippen molar-refractivity contribution in [2.45, 2.75) is 32.1 Å². The number of nitrogens with one attached hydrogen (secondary N) is 1. The fourth-order valence-corrected chi connectivity index (χ4v) is 4.94. The highest BCUT2D eigenvalue weighted by Crippen LogP contribution is 2.46. The summed E-state index contributed by atoms with van der Waals surface area (Å²) in [5.41, 5.74) is 4.28. The van der Waals surface area contributed by atoms with Gasteiger partial charge in [0.15, 0.2) is 0 Å². The number of amides is 1. The lowest BCUT2D eigenvalue weighted by molar-refractivity contribution is 0.0957. The van der Waals surface area contributed by atoms with Crippen LogP contribution in [0.1, 0.15) is 46.8 Å². The largest absolute Gasteiger partial charge is 0.396 e. The van der Waals surface area contributed by atoms with Crippen molar-refractivity contribution in [1.29, 1.82) is 0 Å². The maximum atomic E-state index is 12.9. The van der Waals surface area contributed by atoms with Crippen molar-refractivity contribution in [2.24, 2.45) is 0 Å². The highest BCUT2D eigenvalue weighted by molar-refractivity contribution is 7.92. The Kier molecular flexibility index (Phi) is 5.96. The quantitative estimate of drug-likeness (QED) is 0.542. The minimum absolute atomic E-state index is 0.101. The molecule has 0 unspecified atom stereocenters. The van der Waals surface area contributed by atoms with Crippen molar-refractivity contribution in [2.75, 3.05) is 30.8 Å². The van der Waals surface area contributed by atoms with Crippen LogP contribution >= 0.6 is 0 Å². The van der Waals surface area contributed by atoms with Gasteiger partial charge in [0.25, 0.3) is 5.91 Å². The van der Waals surface area contributed by atoms with Crippen molar-refractivity contribution >= 4 is 32.5 Å². The topological polar surface area (TPSA) is 105 Å². The zero-order chi connectivity index (χ0) is 23.0. The molecular formula is C23H28N4O4S. The second-order valence-corrected chi connectivity index (χ2v) is 10.2. The average Bonchev–Trinajstić information content (AvgIpc) is 3.53. The molecule has 9 heteroatoms. The zero-order valence-corrected chi connectivity index (χ0v) is 19.3. The standard InChI is InChI=1S/C23H28N4O4S/c1-15-5-9-17(10-6-15)27-22(23(29)24-2)19-13-18(16-7-8-16)21(14-20(19)25-27)26(11-4-12-28)32(3,30)31/h5-6,9-10,13-14,16,28H,4,7-8,11-12H2,1-3H3,(H,24,29). The third-order valence-corrected chi connectivity index (χ3v) is 6.93. The van der Waals surface area contributed by atoms with E-state index in [-0.39, 0.29) is 25.0 Å². The Hall–Kier alpha value is -2.91. The molecule has 0 spiro atoms. The number of benzene rings is 2. The molecule has 1 saturated carbocycles. The normalized spacial score (nSPS) is 14.0. The van der Waals surface area contributed by atoms with Crippen molar-refractivity contribution < 1.29 is 18.3 Å². The molecule has 1 heterocycles. The molecule has 0 radical (unpaired) electrons. The Balaban J connectivity index is 1.97. The lowest BCUT2D eigenvalue weighted by Gasteiger charge is -2.25. The van der Waals surface area contributed by atoms with Gasteiger partial charge in [0, 0.05) is 25.6 Å². The van der Waals surface area contributed by atoms with Gasteiger partial charge in [-0.15, -0.1) is 0 Å². The lowest BCUT2D eigenvalue weighted by atomic mass is 10.0. The Morgan fingerprint density at radius 3 is 2.50 bits per heavy atom. The van der Waals surface area contributed by atoms with E-state index in [0.717, 1.165) is 29.7 Å².